The van der Waals surface area contributed by atoms with Gasteiger partial charge in [0.15, 0.2) is 0 Å². The van der Waals surface area contributed by atoms with Gasteiger partial charge in [-0.15, -0.1) is 0 Å². The molecule has 1 saturated heterocycles. The molecule has 0 unspecified atom stereocenters. The van der Waals surface area contributed by atoms with Crippen LogP contribution in [0.3, 0.4) is 0 Å². The number of carbonyl (C=O) groups excluding carboxylic acids is 1. The summed E-state index contributed by atoms with van der Waals surface area (Å²) in [6.45, 7) is 0.472. The molecule has 0 spiro atoms. The number of benzene rings is 1. The first-order valence-corrected chi connectivity index (χ1v) is 9.04. The summed E-state index contributed by atoms with van der Waals surface area (Å²) in [4.78, 5) is 17.6. The number of aromatic nitrogens is 3. The molecule has 3 aromatic rings. The van der Waals surface area contributed by atoms with Gasteiger partial charge in [0.05, 0.1) is 25.9 Å². The minimum Gasteiger partial charge on any atom is -0.496 e. The molecular weight excluding hydrogens is 401 g/mol. The van der Waals surface area contributed by atoms with E-state index in [-0.39, 0.29) is 24.9 Å². The second-order valence-electron chi connectivity index (χ2n) is 6.68. The summed E-state index contributed by atoms with van der Waals surface area (Å²) >= 11 is 0. The Morgan fingerprint density at radius 3 is 2.67 bits per heavy atom. The Bertz CT molecular complexity index is 1060. The standard InChI is InChI=1S/C20H17F3N4O3/c1-29-16-6-3-2-5-13(16)14-9-15(26-25-14)19(28)27-10-12(11-27)30-18-8-4-7-17(24-18)20(21,22)23/h2-9,12H,10-11H2,1H3,(H,25,26). The van der Waals surface area contributed by atoms with E-state index in [1.807, 2.05) is 18.2 Å². The fourth-order valence-corrected chi connectivity index (χ4v) is 3.08. The number of amides is 1. The first-order chi connectivity index (χ1) is 14.3. The predicted octanol–water partition coefficient (Wildman–Crippen LogP) is 3.40. The Hall–Kier alpha value is -3.56. The van der Waals surface area contributed by atoms with Gasteiger partial charge in [0.1, 0.15) is 23.2 Å². The van der Waals surface area contributed by atoms with Gasteiger partial charge in [-0.1, -0.05) is 18.2 Å². The molecule has 156 valence electrons. The maximum Gasteiger partial charge on any atom is 0.433 e. The molecule has 1 aromatic carbocycles. The average Bonchev–Trinajstić information content (AvgIpc) is 3.19. The van der Waals surface area contributed by atoms with Gasteiger partial charge in [-0.25, -0.2) is 4.98 Å². The van der Waals surface area contributed by atoms with E-state index in [2.05, 4.69) is 15.2 Å². The van der Waals surface area contributed by atoms with Crippen LogP contribution in [0, 0.1) is 0 Å². The van der Waals surface area contributed by atoms with Crippen molar-refractivity contribution in [3.63, 3.8) is 0 Å². The molecule has 0 atom stereocenters. The Balaban J connectivity index is 1.38. The number of ether oxygens (including phenoxy) is 2. The molecule has 1 N–H and O–H groups in total. The number of aromatic amines is 1. The van der Waals surface area contributed by atoms with Crippen molar-refractivity contribution in [2.75, 3.05) is 20.2 Å². The van der Waals surface area contributed by atoms with Gasteiger partial charge in [0, 0.05) is 11.6 Å². The van der Waals surface area contributed by atoms with E-state index in [4.69, 9.17) is 9.47 Å². The van der Waals surface area contributed by atoms with Gasteiger partial charge >= 0.3 is 6.18 Å². The van der Waals surface area contributed by atoms with Crippen LogP contribution in [-0.2, 0) is 6.18 Å². The van der Waals surface area contributed by atoms with Crippen LogP contribution in [-0.4, -0.2) is 52.3 Å². The van der Waals surface area contributed by atoms with Crippen molar-refractivity contribution in [2.45, 2.75) is 12.3 Å². The van der Waals surface area contributed by atoms with Gasteiger partial charge in [0.2, 0.25) is 5.88 Å². The number of H-pyrrole nitrogens is 1. The normalized spacial score (nSPS) is 14.3. The number of methoxy groups -OCH3 is 1. The highest BCUT2D eigenvalue weighted by molar-refractivity contribution is 5.94. The number of rotatable bonds is 5. The summed E-state index contributed by atoms with van der Waals surface area (Å²) in [6.07, 6.45) is -4.97. The number of alkyl halides is 3. The molecule has 30 heavy (non-hydrogen) atoms. The van der Waals surface area contributed by atoms with Crippen molar-refractivity contribution in [3.8, 4) is 22.9 Å². The van der Waals surface area contributed by atoms with Gasteiger partial charge < -0.3 is 14.4 Å². The van der Waals surface area contributed by atoms with Crippen LogP contribution in [0.15, 0.2) is 48.5 Å². The molecule has 3 heterocycles. The second-order valence-corrected chi connectivity index (χ2v) is 6.68. The molecule has 1 fully saturated rings. The lowest BCUT2D eigenvalue weighted by atomic mass is 10.1. The van der Waals surface area contributed by atoms with E-state index in [1.165, 1.54) is 17.0 Å². The summed E-state index contributed by atoms with van der Waals surface area (Å²) in [5.74, 6) is 0.233. The van der Waals surface area contributed by atoms with Crippen LogP contribution in [0.1, 0.15) is 16.2 Å². The van der Waals surface area contributed by atoms with Crippen LogP contribution in [0.4, 0.5) is 13.2 Å². The Morgan fingerprint density at radius 1 is 1.17 bits per heavy atom. The number of carbonyl (C=O) groups is 1. The van der Waals surface area contributed by atoms with Crippen molar-refractivity contribution in [1.82, 2.24) is 20.1 Å². The Kier molecular flexibility index (Phi) is 5.06. The molecule has 0 aliphatic carbocycles. The molecule has 1 aliphatic heterocycles. The smallest absolute Gasteiger partial charge is 0.433 e. The molecule has 0 saturated carbocycles. The van der Waals surface area contributed by atoms with Crippen molar-refractivity contribution in [2.24, 2.45) is 0 Å². The third-order valence-corrected chi connectivity index (χ3v) is 4.63. The lowest BCUT2D eigenvalue weighted by Crippen LogP contribution is -2.56. The lowest BCUT2D eigenvalue weighted by molar-refractivity contribution is -0.141. The fraction of sp³-hybridized carbons (Fsp3) is 0.250. The molecule has 0 radical (unpaired) electrons. The summed E-state index contributed by atoms with van der Waals surface area (Å²) in [5.41, 5.74) is 0.591. The predicted molar refractivity (Wildman–Crippen MR) is 100 cm³/mol. The number of nitrogens with one attached hydrogen (secondary N) is 1. The fourth-order valence-electron chi connectivity index (χ4n) is 3.08. The number of hydrogen-bond donors (Lipinski definition) is 1. The molecule has 2 aromatic heterocycles. The van der Waals surface area contributed by atoms with E-state index in [0.29, 0.717) is 17.1 Å². The van der Waals surface area contributed by atoms with Crippen LogP contribution < -0.4 is 9.47 Å². The quantitative estimate of drug-likeness (QED) is 0.687. The van der Waals surface area contributed by atoms with Crippen molar-refractivity contribution < 1.29 is 27.4 Å². The molecule has 10 heteroatoms. The van der Waals surface area contributed by atoms with Gasteiger partial charge in [-0.3, -0.25) is 9.89 Å². The number of pyridine rings is 1. The highest BCUT2D eigenvalue weighted by Crippen LogP contribution is 2.30. The third-order valence-electron chi connectivity index (χ3n) is 4.63. The number of likely N-dealkylation sites (tertiary alicyclic amines) is 1. The Labute approximate surface area is 169 Å². The number of para-hydroxylation sites is 1. The highest BCUT2D eigenvalue weighted by atomic mass is 19.4. The highest BCUT2D eigenvalue weighted by Gasteiger charge is 2.36. The number of hydrogen-bond acceptors (Lipinski definition) is 5. The minimum absolute atomic E-state index is 0.123. The summed E-state index contributed by atoms with van der Waals surface area (Å²) in [5, 5.41) is 6.89. The number of halogens is 3. The molecule has 7 nitrogen and oxygen atoms in total. The zero-order valence-corrected chi connectivity index (χ0v) is 15.8. The summed E-state index contributed by atoms with van der Waals surface area (Å²) in [7, 11) is 1.55. The van der Waals surface area contributed by atoms with Crippen LogP contribution in [0.25, 0.3) is 11.3 Å². The van der Waals surface area contributed by atoms with Crippen LogP contribution in [0.5, 0.6) is 11.6 Å². The van der Waals surface area contributed by atoms with Crippen LogP contribution >= 0.6 is 0 Å². The van der Waals surface area contributed by atoms with E-state index < -0.39 is 18.0 Å². The monoisotopic (exact) mass is 418 g/mol. The van der Waals surface area contributed by atoms with E-state index in [1.54, 1.807) is 19.2 Å². The van der Waals surface area contributed by atoms with E-state index >= 15 is 0 Å². The van der Waals surface area contributed by atoms with Gasteiger partial charge in [-0.2, -0.15) is 18.3 Å². The van der Waals surface area contributed by atoms with Gasteiger partial charge in [-0.05, 0) is 24.3 Å². The van der Waals surface area contributed by atoms with Crippen molar-refractivity contribution in [3.05, 3.63) is 59.9 Å². The molecule has 1 aliphatic rings. The Morgan fingerprint density at radius 2 is 1.93 bits per heavy atom. The SMILES string of the molecule is COc1ccccc1-c1cc(C(=O)N2CC(Oc3cccc(C(F)(F)F)n3)C2)[nH]n1. The third kappa shape index (κ3) is 3.93. The first kappa shape index (κ1) is 19.7. The largest absolute Gasteiger partial charge is 0.496 e. The van der Waals surface area contributed by atoms with E-state index in [9.17, 15) is 18.0 Å². The molecule has 4 rings (SSSR count). The molecular formula is C20H17F3N4O3. The second kappa shape index (κ2) is 7.69. The van der Waals surface area contributed by atoms with Gasteiger partial charge in [0.25, 0.3) is 5.91 Å². The number of nitrogens with zero attached hydrogens (tertiary/aromatic N) is 3. The van der Waals surface area contributed by atoms with Crippen LogP contribution in [0.2, 0.25) is 0 Å². The maximum absolute atomic E-state index is 12.7. The average molecular weight is 418 g/mol. The molecule has 1 amide bonds. The maximum atomic E-state index is 12.7. The van der Waals surface area contributed by atoms with Crippen molar-refractivity contribution >= 4 is 5.91 Å². The van der Waals surface area contributed by atoms with Crippen molar-refractivity contribution in [1.29, 1.82) is 0 Å². The first-order valence-electron chi connectivity index (χ1n) is 9.04. The summed E-state index contributed by atoms with van der Waals surface area (Å²) < 4.78 is 49.0. The zero-order valence-electron chi connectivity index (χ0n) is 15.8. The molecule has 0 bridgehead atoms. The minimum atomic E-state index is -4.54. The zero-order chi connectivity index (χ0) is 21.3. The lowest BCUT2D eigenvalue weighted by Gasteiger charge is -2.38. The van der Waals surface area contributed by atoms with E-state index in [0.717, 1.165) is 11.6 Å². The topological polar surface area (TPSA) is 80.3 Å². The summed E-state index contributed by atoms with van der Waals surface area (Å²) in [6, 6.07) is 12.4.